The molecular weight excluding hydrogens is 280 g/mol. The van der Waals surface area contributed by atoms with E-state index in [-0.39, 0.29) is 5.91 Å². The highest BCUT2D eigenvalue weighted by Gasteiger charge is 2.14. The van der Waals surface area contributed by atoms with Gasteiger partial charge in [-0.25, -0.2) is 0 Å². The van der Waals surface area contributed by atoms with E-state index in [0.717, 1.165) is 28.7 Å². The number of benzene rings is 1. The fraction of sp³-hybridized carbons (Fsp3) is 0.462. The fourth-order valence-electron chi connectivity index (χ4n) is 1.46. The highest BCUT2D eigenvalue weighted by Crippen LogP contribution is 2.19. The van der Waals surface area contributed by atoms with Crippen LogP contribution in [0, 0.1) is 6.92 Å². The van der Waals surface area contributed by atoms with Gasteiger partial charge in [0.05, 0.1) is 5.56 Å². The molecule has 0 bridgehead atoms. The Hall–Kier alpha value is -0.870. The molecule has 94 valence electrons. The lowest BCUT2D eigenvalue weighted by Crippen LogP contribution is -2.33. The molecule has 0 N–H and O–H groups in total. The Balaban J connectivity index is 2.78. The van der Waals surface area contributed by atoms with Crippen molar-refractivity contribution in [2.45, 2.75) is 6.92 Å². The van der Waals surface area contributed by atoms with Gasteiger partial charge in [-0.3, -0.25) is 4.79 Å². The third-order valence-corrected chi connectivity index (χ3v) is 3.27. The highest BCUT2D eigenvalue weighted by atomic mass is 79.9. The number of hydrogen-bond donors (Lipinski definition) is 0. The molecule has 0 fully saturated rings. The minimum absolute atomic E-state index is 0.0578. The number of carbonyl (C=O) groups excluding carboxylic acids is 1. The minimum Gasteiger partial charge on any atom is -0.340 e. The molecule has 0 aliphatic rings. The van der Waals surface area contributed by atoms with Gasteiger partial charge in [0.15, 0.2) is 0 Å². The van der Waals surface area contributed by atoms with Gasteiger partial charge in [0.2, 0.25) is 0 Å². The van der Waals surface area contributed by atoms with Crippen molar-refractivity contribution in [3.63, 3.8) is 0 Å². The molecule has 4 heteroatoms. The molecule has 1 rings (SSSR count). The first-order chi connectivity index (χ1) is 7.91. The standard InChI is InChI=1S/C13H19BrN2O/c1-10-5-6-12(14)11(9-10)13(17)16(4)8-7-15(2)3/h5-6,9H,7-8H2,1-4H3. The van der Waals surface area contributed by atoms with Crippen molar-refractivity contribution >= 4 is 21.8 Å². The Morgan fingerprint density at radius 2 is 1.88 bits per heavy atom. The summed E-state index contributed by atoms with van der Waals surface area (Å²) < 4.78 is 0.852. The number of nitrogens with zero attached hydrogens (tertiary/aromatic N) is 2. The zero-order valence-electron chi connectivity index (χ0n) is 10.8. The van der Waals surface area contributed by atoms with Crippen LogP contribution in [0.5, 0.6) is 0 Å². The summed E-state index contributed by atoms with van der Waals surface area (Å²) in [5.74, 6) is 0.0578. The van der Waals surface area contributed by atoms with E-state index in [1.165, 1.54) is 0 Å². The molecule has 0 aliphatic carbocycles. The maximum atomic E-state index is 12.2. The molecule has 0 saturated heterocycles. The van der Waals surface area contributed by atoms with Crippen LogP contribution in [0.4, 0.5) is 0 Å². The third kappa shape index (κ3) is 4.13. The van der Waals surface area contributed by atoms with Crippen molar-refractivity contribution in [3.8, 4) is 0 Å². The molecule has 17 heavy (non-hydrogen) atoms. The van der Waals surface area contributed by atoms with Crippen LogP contribution < -0.4 is 0 Å². The average molecular weight is 299 g/mol. The number of amides is 1. The number of aryl methyl sites for hydroxylation is 1. The summed E-state index contributed by atoms with van der Waals surface area (Å²) in [4.78, 5) is 16.0. The second kappa shape index (κ2) is 6.17. The van der Waals surface area contributed by atoms with E-state index < -0.39 is 0 Å². The van der Waals surface area contributed by atoms with Crippen molar-refractivity contribution in [2.24, 2.45) is 0 Å². The van der Waals surface area contributed by atoms with Crippen LogP contribution in [-0.2, 0) is 0 Å². The van der Waals surface area contributed by atoms with Crippen LogP contribution in [0.25, 0.3) is 0 Å². The van der Waals surface area contributed by atoms with Gasteiger partial charge in [-0.1, -0.05) is 11.6 Å². The number of halogens is 1. The molecule has 1 aromatic carbocycles. The van der Waals surface area contributed by atoms with Crippen molar-refractivity contribution in [2.75, 3.05) is 34.2 Å². The summed E-state index contributed by atoms with van der Waals surface area (Å²) in [5, 5.41) is 0. The van der Waals surface area contributed by atoms with E-state index in [0.29, 0.717) is 0 Å². The zero-order valence-corrected chi connectivity index (χ0v) is 12.4. The molecule has 0 saturated carbocycles. The van der Waals surface area contributed by atoms with Gasteiger partial charge in [-0.2, -0.15) is 0 Å². The topological polar surface area (TPSA) is 23.6 Å². The Morgan fingerprint density at radius 1 is 1.24 bits per heavy atom. The molecule has 0 spiro atoms. The molecular formula is C13H19BrN2O. The smallest absolute Gasteiger partial charge is 0.254 e. The van der Waals surface area contributed by atoms with Crippen LogP contribution in [0.3, 0.4) is 0 Å². The van der Waals surface area contributed by atoms with Crippen LogP contribution in [0.1, 0.15) is 15.9 Å². The predicted octanol–water partition coefficient (Wildman–Crippen LogP) is 2.39. The zero-order chi connectivity index (χ0) is 13.0. The summed E-state index contributed by atoms with van der Waals surface area (Å²) in [6, 6.07) is 5.82. The Kier molecular flexibility index (Phi) is 5.15. The van der Waals surface area contributed by atoms with Gasteiger partial charge < -0.3 is 9.80 Å². The predicted molar refractivity (Wildman–Crippen MR) is 74.4 cm³/mol. The van der Waals surface area contributed by atoms with Gasteiger partial charge in [-0.05, 0) is 49.1 Å². The number of rotatable bonds is 4. The monoisotopic (exact) mass is 298 g/mol. The van der Waals surface area contributed by atoms with Crippen LogP contribution in [0.15, 0.2) is 22.7 Å². The van der Waals surface area contributed by atoms with E-state index in [1.54, 1.807) is 4.90 Å². The third-order valence-electron chi connectivity index (χ3n) is 2.58. The van der Waals surface area contributed by atoms with E-state index in [1.807, 2.05) is 46.3 Å². The first-order valence-electron chi connectivity index (χ1n) is 5.58. The molecule has 0 aliphatic heterocycles. The fourth-order valence-corrected chi connectivity index (χ4v) is 1.88. The SMILES string of the molecule is Cc1ccc(Br)c(C(=O)N(C)CCN(C)C)c1. The Bertz CT molecular complexity index is 404. The largest absolute Gasteiger partial charge is 0.340 e. The summed E-state index contributed by atoms with van der Waals surface area (Å²) in [7, 11) is 5.84. The lowest BCUT2D eigenvalue weighted by molar-refractivity contribution is 0.0785. The normalized spacial score (nSPS) is 10.7. The van der Waals surface area contributed by atoms with Crippen molar-refractivity contribution < 1.29 is 4.79 Å². The molecule has 3 nitrogen and oxygen atoms in total. The van der Waals surface area contributed by atoms with E-state index in [4.69, 9.17) is 0 Å². The van der Waals surface area contributed by atoms with Crippen molar-refractivity contribution in [1.82, 2.24) is 9.80 Å². The maximum Gasteiger partial charge on any atom is 0.254 e. The average Bonchev–Trinajstić information content (AvgIpc) is 2.28. The number of hydrogen-bond acceptors (Lipinski definition) is 2. The Labute approximate surface area is 112 Å². The molecule has 0 heterocycles. The highest BCUT2D eigenvalue weighted by molar-refractivity contribution is 9.10. The second-order valence-electron chi connectivity index (χ2n) is 4.51. The maximum absolute atomic E-state index is 12.2. The Morgan fingerprint density at radius 3 is 2.47 bits per heavy atom. The van der Waals surface area contributed by atoms with E-state index >= 15 is 0 Å². The number of carbonyl (C=O) groups is 1. The first kappa shape index (κ1) is 14.2. The summed E-state index contributed by atoms with van der Waals surface area (Å²) >= 11 is 3.42. The lowest BCUT2D eigenvalue weighted by Gasteiger charge is -2.20. The van der Waals surface area contributed by atoms with Gasteiger partial charge in [-0.15, -0.1) is 0 Å². The second-order valence-corrected chi connectivity index (χ2v) is 5.37. The summed E-state index contributed by atoms with van der Waals surface area (Å²) in [6.45, 7) is 3.58. The molecule has 0 atom stereocenters. The molecule has 0 radical (unpaired) electrons. The van der Waals surface area contributed by atoms with Crippen molar-refractivity contribution in [3.05, 3.63) is 33.8 Å². The molecule has 0 unspecified atom stereocenters. The van der Waals surface area contributed by atoms with Gasteiger partial charge in [0.25, 0.3) is 5.91 Å². The van der Waals surface area contributed by atoms with Gasteiger partial charge in [0.1, 0.15) is 0 Å². The van der Waals surface area contributed by atoms with Gasteiger partial charge >= 0.3 is 0 Å². The van der Waals surface area contributed by atoms with Gasteiger partial charge in [0, 0.05) is 24.6 Å². The lowest BCUT2D eigenvalue weighted by atomic mass is 10.1. The minimum atomic E-state index is 0.0578. The molecule has 1 amide bonds. The quantitative estimate of drug-likeness (QED) is 0.852. The first-order valence-corrected chi connectivity index (χ1v) is 6.37. The van der Waals surface area contributed by atoms with E-state index in [9.17, 15) is 4.79 Å². The van der Waals surface area contributed by atoms with Crippen molar-refractivity contribution in [1.29, 1.82) is 0 Å². The molecule has 0 aromatic heterocycles. The van der Waals surface area contributed by atoms with E-state index in [2.05, 4.69) is 20.8 Å². The summed E-state index contributed by atoms with van der Waals surface area (Å²) in [6.07, 6.45) is 0. The van der Waals surface area contributed by atoms with Crippen LogP contribution in [0.2, 0.25) is 0 Å². The molecule has 1 aromatic rings. The number of likely N-dealkylation sites (N-methyl/N-ethyl adjacent to an activating group) is 2. The van der Waals surface area contributed by atoms with Crippen LogP contribution >= 0.6 is 15.9 Å². The van der Waals surface area contributed by atoms with Crippen LogP contribution in [-0.4, -0.2) is 49.9 Å². The summed E-state index contributed by atoms with van der Waals surface area (Å²) in [5.41, 5.74) is 1.82.